The van der Waals surface area contributed by atoms with E-state index in [0.717, 1.165) is 5.56 Å². The minimum absolute atomic E-state index is 0.0457. The van der Waals surface area contributed by atoms with E-state index in [-0.39, 0.29) is 18.8 Å². The molecule has 0 aromatic heterocycles. The van der Waals surface area contributed by atoms with Gasteiger partial charge in [-0.05, 0) is 55.8 Å². The third-order valence-corrected chi connectivity index (χ3v) is 3.56. The Labute approximate surface area is 151 Å². The van der Waals surface area contributed by atoms with Crippen LogP contribution in [0.25, 0.3) is 0 Å². The van der Waals surface area contributed by atoms with Crippen molar-refractivity contribution in [3.8, 4) is 23.0 Å². The number of fused-ring (bicyclic) bond motifs is 1. The molecule has 0 unspecified atom stereocenters. The lowest BCUT2D eigenvalue weighted by Crippen LogP contribution is -2.17. The molecule has 0 atom stereocenters. The van der Waals surface area contributed by atoms with Gasteiger partial charge in [0.15, 0.2) is 23.0 Å². The average Bonchev–Trinajstić information content (AvgIpc) is 3.10. The number of ether oxygens (including phenoxy) is 4. The smallest absolute Gasteiger partial charge is 0.271 e. The van der Waals surface area contributed by atoms with E-state index >= 15 is 0 Å². The van der Waals surface area contributed by atoms with Crippen molar-refractivity contribution in [1.82, 2.24) is 5.43 Å². The number of hydrazone groups is 1. The molecule has 0 radical (unpaired) electrons. The van der Waals surface area contributed by atoms with Crippen molar-refractivity contribution >= 4 is 12.1 Å². The molecule has 2 aromatic rings. The average molecular weight is 356 g/mol. The van der Waals surface area contributed by atoms with Gasteiger partial charge in [-0.15, -0.1) is 0 Å². The van der Waals surface area contributed by atoms with Gasteiger partial charge in [0.05, 0.1) is 19.4 Å². The maximum Gasteiger partial charge on any atom is 0.271 e. The summed E-state index contributed by atoms with van der Waals surface area (Å²) < 4.78 is 21.5. The molecule has 3 rings (SSSR count). The van der Waals surface area contributed by atoms with E-state index in [9.17, 15) is 4.79 Å². The second-order valence-electron chi connectivity index (χ2n) is 5.84. The first-order chi connectivity index (χ1) is 12.6. The number of hydrogen-bond donors (Lipinski definition) is 1. The summed E-state index contributed by atoms with van der Waals surface area (Å²) in [5, 5.41) is 3.98. The van der Waals surface area contributed by atoms with E-state index < -0.39 is 0 Å². The lowest BCUT2D eigenvalue weighted by atomic mass is 10.2. The van der Waals surface area contributed by atoms with E-state index in [1.807, 2.05) is 19.9 Å². The number of carbonyl (C=O) groups is 1. The van der Waals surface area contributed by atoms with Crippen molar-refractivity contribution in [2.24, 2.45) is 5.10 Å². The van der Waals surface area contributed by atoms with Gasteiger partial charge in [-0.3, -0.25) is 4.79 Å². The number of nitrogens with zero attached hydrogens (tertiary/aromatic N) is 1. The first-order valence-corrected chi connectivity index (χ1v) is 8.14. The summed E-state index contributed by atoms with van der Waals surface area (Å²) in [5.74, 6) is 2.09. The fourth-order valence-corrected chi connectivity index (χ4v) is 2.38. The summed E-state index contributed by atoms with van der Waals surface area (Å²) in [7, 11) is 1.57. The van der Waals surface area contributed by atoms with E-state index in [2.05, 4.69) is 10.5 Å². The summed E-state index contributed by atoms with van der Waals surface area (Å²) in [4.78, 5) is 12.2. The predicted molar refractivity (Wildman–Crippen MR) is 96.4 cm³/mol. The number of methoxy groups -OCH3 is 1. The molecule has 1 N–H and O–H groups in total. The van der Waals surface area contributed by atoms with E-state index in [0.29, 0.717) is 28.6 Å². The van der Waals surface area contributed by atoms with Crippen LogP contribution < -0.4 is 24.4 Å². The maximum absolute atomic E-state index is 12.2. The molecule has 7 heteroatoms. The van der Waals surface area contributed by atoms with Crippen molar-refractivity contribution in [1.29, 1.82) is 0 Å². The second kappa shape index (κ2) is 7.77. The Hall–Kier alpha value is -3.22. The molecule has 0 bridgehead atoms. The highest BCUT2D eigenvalue weighted by atomic mass is 16.7. The fraction of sp³-hybridized carbons (Fsp3) is 0.263. The molecule has 0 saturated heterocycles. The Morgan fingerprint density at radius 1 is 1.15 bits per heavy atom. The van der Waals surface area contributed by atoms with Crippen LogP contribution in [0.4, 0.5) is 0 Å². The highest BCUT2D eigenvalue weighted by Crippen LogP contribution is 2.32. The third-order valence-electron chi connectivity index (χ3n) is 3.56. The normalized spacial score (nSPS) is 12.5. The molecule has 2 aromatic carbocycles. The Morgan fingerprint density at radius 2 is 1.96 bits per heavy atom. The molecule has 0 fully saturated rings. The zero-order valence-corrected chi connectivity index (χ0v) is 14.8. The van der Waals surface area contributed by atoms with Crippen molar-refractivity contribution in [2.75, 3.05) is 13.9 Å². The van der Waals surface area contributed by atoms with Crippen LogP contribution in [0.3, 0.4) is 0 Å². The largest absolute Gasteiger partial charge is 0.493 e. The van der Waals surface area contributed by atoms with Crippen LogP contribution in [0.2, 0.25) is 0 Å². The van der Waals surface area contributed by atoms with Crippen LogP contribution in [0, 0.1) is 0 Å². The van der Waals surface area contributed by atoms with Gasteiger partial charge >= 0.3 is 0 Å². The molecule has 1 heterocycles. The quantitative estimate of drug-likeness (QED) is 0.636. The molecule has 136 valence electrons. The monoisotopic (exact) mass is 356 g/mol. The highest BCUT2D eigenvalue weighted by Gasteiger charge is 2.15. The number of nitrogens with one attached hydrogen (secondary N) is 1. The second-order valence-corrected chi connectivity index (χ2v) is 5.84. The zero-order valence-electron chi connectivity index (χ0n) is 14.8. The topological polar surface area (TPSA) is 78.4 Å². The Balaban J connectivity index is 1.65. The molecular formula is C19H20N2O5. The summed E-state index contributed by atoms with van der Waals surface area (Å²) in [6.45, 7) is 4.05. The standard InChI is InChI=1S/C19H20N2O5/c1-12(2)26-16-6-4-13(8-17(16)23-3)10-20-21-19(22)14-5-7-15-18(9-14)25-11-24-15/h4-10,12H,11H2,1-3H3,(H,21,22). The fourth-order valence-electron chi connectivity index (χ4n) is 2.38. The minimum Gasteiger partial charge on any atom is -0.493 e. The van der Waals surface area contributed by atoms with Gasteiger partial charge in [-0.25, -0.2) is 5.43 Å². The van der Waals surface area contributed by atoms with Gasteiger partial charge in [0.25, 0.3) is 5.91 Å². The number of amides is 1. The maximum atomic E-state index is 12.2. The first-order valence-electron chi connectivity index (χ1n) is 8.14. The molecule has 1 aliphatic rings. The molecule has 0 aliphatic carbocycles. The highest BCUT2D eigenvalue weighted by molar-refractivity contribution is 5.95. The third kappa shape index (κ3) is 4.05. The summed E-state index contributed by atoms with van der Waals surface area (Å²) in [5.41, 5.74) is 3.69. The Morgan fingerprint density at radius 3 is 2.73 bits per heavy atom. The van der Waals surface area contributed by atoms with Crippen molar-refractivity contribution < 1.29 is 23.7 Å². The minimum atomic E-state index is -0.341. The lowest BCUT2D eigenvalue weighted by Gasteiger charge is -2.13. The molecule has 0 saturated carbocycles. The molecule has 7 nitrogen and oxygen atoms in total. The van der Waals surface area contributed by atoms with Gasteiger partial charge in [0.2, 0.25) is 6.79 Å². The molecule has 0 spiro atoms. The molecular weight excluding hydrogens is 336 g/mol. The molecule has 26 heavy (non-hydrogen) atoms. The van der Waals surface area contributed by atoms with Gasteiger partial charge in [-0.2, -0.15) is 5.10 Å². The van der Waals surface area contributed by atoms with Crippen molar-refractivity contribution in [3.63, 3.8) is 0 Å². The summed E-state index contributed by atoms with van der Waals surface area (Å²) in [6.07, 6.45) is 1.58. The number of carbonyl (C=O) groups excluding carboxylic acids is 1. The van der Waals surface area contributed by atoms with Crippen molar-refractivity contribution in [3.05, 3.63) is 47.5 Å². The van der Waals surface area contributed by atoms with E-state index in [1.165, 1.54) is 6.21 Å². The van der Waals surface area contributed by atoms with Crippen LogP contribution in [0.1, 0.15) is 29.8 Å². The predicted octanol–water partition coefficient (Wildman–Crippen LogP) is 2.98. The van der Waals surface area contributed by atoms with Crippen LogP contribution in [-0.4, -0.2) is 32.1 Å². The van der Waals surface area contributed by atoms with E-state index in [1.54, 1.807) is 37.4 Å². The van der Waals surface area contributed by atoms with Gasteiger partial charge in [0.1, 0.15) is 0 Å². The first kappa shape index (κ1) is 17.6. The summed E-state index contributed by atoms with van der Waals surface area (Å²) >= 11 is 0. The molecule has 1 aliphatic heterocycles. The van der Waals surface area contributed by atoms with Crippen molar-refractivity contribution in [2.45, 2.75) is 20.0 Å². The van der Waals surface area contributed by atoms with Crippen LogP contribution in [0.5, 0.6) is 23.0 Å². The number of benzene rings is 2. The van der Waals surface area contributed by atoms with Crippen LogP contribution >= 0.6 is 0 Å². The zero-order chi connectivity index (χ0) is 18.5. The SMILES string of the molecule is COc1cc(C=NNC(=O)c2ccc3c(c2)OCO3)ccc1OC(C)C. The summed E-state index contributed by atoms with van der Waals surface area (Å²) in [6, 6.07) is 10.4. The van der Waals surface area contributed by atoms with Gasteiger partial charge in [0, 0.05) is 5.56 Å². The number of hydrogen-bond acceptors (Lipinski definition) is 6. The van der Waals surface area contributed by atoms with Crippen LogP contribution in [-0.2, 0) is 0 Å². The Bertz CT molecular complexity index is 833. The van der Waals surface area contributed by atoms with Gasteiger partial charge < -0.3 is 18.9 Å². The Kier molecular flexibility index (Phi) is 5.26. The lowest BCUT2D eigenvalue weighted by molar-refractivity contribution is 0.0954. The molecule has 1 amide bonds. The number of rotatable bonds is 6. The van der Waals surface area contributed by atoms with Crippen LogP contribution in [0.15, 0.2) is 41.5 Å². The van der Waals surface area contributed by atoms with Gasteiger partial charge in [-0.1, -0.05) is 0 Å². The van der Waals surface area contributed by atoms with E-state index in [4.69, 9.17) is 18.9 Å².